The minimum Gasteiger partial charge on any atom is -0.273 e. The predicted octanol–water partition coefficient (Wildman–Crippen LogP) is 3.33. The summed E-state index contributed by atoms with van der Waals surface area (Å²) in [6.45, 7) is 0. The average Bonchev–Trinajstić information content (AvgIpc) is 2.55. The van der Waals surface area contributed by atoms with Gasteiger partial charge in [0.25, 0.3) is 11.8 Å². The Morgan fingerprint density at radius 3 is 2.24 bits per heavy atom. The zero-order valence-corrected chi connectivity index (χ0v) is 14.3. The van der Waals surface area contributed by atoms with E-state index in [-0.39, 0.29) is 5.57 Å². The second-order valence-electron chi connectivity index (χ2n) is 5.41. The normalized spacial score (nSPS) is 14.2. The van der Waals surface area contributed by atoms with Gasteiger partial charge in [-0.15, -0.1) is 0 Å². The zero-order chi connectivity index (χ0) is 18.0. The molecule has 0 saturated carbocycles. The molecule has 1 aliphatic rings. The molecule has 3 rings (SSSR count). The van der Waals surface area contributed by atoms with Crippen molar-refractivity contribution in [1.29, 1.82) is 0 Å². The lowest BCUT2D eigenvalue weighted by Crippen LogP contribution is -2.51. The standard InChI is InChI=1S/C18H12Cl2N2O3/c19-13-6-5-10(7-11-3-1-2-4-15(11)20)12(8-13)9-14-16(23)21-18(25)22-17(14)24/h1-6,8-9H,7H2,(H2,21,22,23,24,25). The van der Waals surface area contributed by atoms with Crippen molar-refractivity contribution in [2.45, 2.75) is 6.42 Å². The minimum atomic E-state index is -0.838. The largest absolute Gasteiger partial charge is 0.328 e. The molecule has 2 aromatic carbocycles. The zero-order valence-electron chi connectivity index (χ0n) is 12.8. The Morgan fingerprint density at radius 1 is 0.880 bits per heavy atom. The molecule has 0 aromatic heterocycles. The predicted molar refractivity (Wildman–Crippen MR) is 95.4 cm³/mol. The summed E-state index contributed by atoms with van der Waals surface area (Å²) in [5.74, 6) is -1.50. The van der Waals surface area contributed by atoms with E-state index in [1.54, 1.807) is 18.2 Å². The maximum Gasteiger partial charge on any atom is 0.328 e. The van der Waals surface area contributed by atoms with Crippen LogP contribution in [0.5, 0.6) is 0 Å². The third kappa shape index (κ3) is 3.90. The molecular weight excluding hydrogens is 363 g/mol. The molecule has 25 heavy (non-hydrogen) atoms. The molecule has 7 heteroatoms. The third-order valence-electron chi connectivity index (χ3n) is 3.69. The molecule has 126 valence electrons. The van der Waals surface area contributed by atoms with Crippen LogP contribution in [0.2, 0.25) is 10.0 Å². The molecule has 2 N–H and O–H groups in total. The van der Waals surface area contributed by atoms with E-state index >= 15 is 0 Å². The summed E-state index contributed by atoms with van der Waals surface area (Å²) < 4.78 is 0. The Balaban J connectivity index is 2.01. The second kappa shape index (κ2) is 7.09. The molecule has 1 aliphatic heterocycles. The highest BCUT2D eigenvalue weighted by Crippen LogP contribution is 2.25. The van der Waals surface area contributed by atoms with Crippen molar-refractivity contribution in [3.63, 3.8) is 0 Å². The quantitative estimate of drug-likeness (QED) is 0.638. The van der Waals surface area contributed by atoms with Crippen molar-refractivity contribution >= 4 is 47.1 Å². The first kappa shape index (κ1) is 17.2. The van der Waals surface area contributed by atoms with Crippen molar-refractivity contribution in [3.8, 4) is 0 Å². The van der Waals surface area contributed by atoms with Crippen molar-refractivity contribution in [1.82, 2.24) is 10.6 Å². The molecule has 1 saturated heterocycles. The SMILES string of the molecule is O=C1NC(=O)C(=Cc2cc(Cl)ccc2Cc2ccccc2Cl)C(=O)N1. The summed E-state index contributed by atoms with van der Waals surface area (Å²) >= 11 is 12.3. The monoisotopic (exact) mass is 374 g/mol. The highest BCUT2D eigenvalue weighted by Gasteiger charge is 2.27. The molecule has 0 bridgehead atoms. The Labute approximate surface area is 153 Å². The van der Waals surface area contributed by atoms with E-state index in [9.17, 15) is 14.4 Å². The van der Waals surface area contributed by atoms with Crippen molar-refractivity contribution < 1.29 is 14.4 Å². The summed E-state index contributed by atoms with van der Waals surface area (Å²) in [6.07, 6.45) is 1.91. The number of hydrogen-bond donors (Lipinski definition) is 2. The van der Waals surface area contributed by atoms with Gasteiger partial charge in [0, 0.05) is 10.0 Å². The number of carbonyl (C=O) groups excluding carboxylic acids is 3. The van der Waals surface area contributed by atoms with Gasteiger partial charge in [-0.1, -0.05) is 47.5 Å². The van der Waals surface area contributed by atoms with Gasteiger partial charge in [-0.2, -0.15) is 0 Å². The molecule has 0 unspecified atom stereocenters. The van der Waals surface area contributed by atoms with Gasteiger partial charge in [0.15, 0.2) is 0 Å². The summed E-state index contributed by atoms with van der Waals surface area (Å²) in [5.41, 5.74) is 2.17. The topological polar surface area (TPSA) is 75.3 Å². The van der Waals surface area contributed by atoms with Gasteiger partial charge in [-0.25, -0.2) is 4.79 Å². The van der Waals surface area contributed by atoms with Gasteiger partial charge in [0.05, 0.1) is 0 Å². The first-order valence-electron chi connectivity index (χ1n) is 7.34. The molecule has 5 nitrogen and oxygen atoms in total. The molecule has 1 heterocycles. The van der Waals surface area contributed by atoms with E-state index in [2.05, 4.69) is 0 Å². The number of nitrogens with one attached hydrogen (secondary N) is 2. The summed E-state index contributed by atoms with van der Waals surface area (Å²) in [5, 5.41) is 5.16. The van der Waals surface area contributed by atoms with Crippen molar-refractivity contribution in [2.24, 2.45) is 0 Å². The van der Waals surface area contributed by atoms with Gasteiger partial charge in [-0.05, 0) is 47.4 Å². The molecule has 2 aromatic rings. The van der Waals surface area contributed by atoms with Crippen LogP contribution >= 0.6 is 23.2 Å². The lowest BCUT2D eigenvalue weighted by Gasteiger charge is -2.15. The second-order valence-corrected chi connectivity index (χ2v) is 6.25. The summed E-state index contributed by atoms with van der Waals surface area (Å²) in [4.78, 5) is 35.0. The van der Waals surface area contributed by atoms with Crippen LogP contribution in [-0.4, -0.2) is 17.8 Å². The highest BCUT2D eigenvalue weighted by molar-refractivity contribution is 6.32. The average molecular weight is 375 g/mol. The highest BCUT2D eigenvalue weighted by atomic mass is 35.5. The first-order valence-corrected chi connectivity index (χ1v) is 8.10. The van der Waals surface area contributed by atoms with Crippen LogP contribution in [0.15, 0.2) is 48.0 Å². The smallest absolute Gasteiger partial charge is 0.273 e. The number of rotatable bonds is 3. The van der Waals surface area contributed by atoms with Gasteiger partial charge in [-0.3, -0.25) is 20.2 Å². The van der Waals surface area contributed by atoms with Crippen molar-refractivity contribution in [3.05, 3.63) is 74.8 Å². The molecular formula is C18H12Cl2N2O3. The maximum atomic E-state index is 11.9. The lowest BCUT2D eigenvalue weighted by molar-refractivity contribution is -0.123. The van der Waals surface area contributed by atoms with Crippen LogP contribution in [-0.2, 0) is 16.0 Å². The number of benzene rings is 2. The third-order valence-corrected chi connectivity index (χ3v) is 4.29. The molecule has 0 aliphatic carbocycles. The van der Waals surface area contributed by atoms with Gasteiger partial charge >= 0.3 is 6.03 Å². The summed E-state index contributed by atoms with van der Waals surface area (Å²) in [7, 11) is 0. The van der Waals surface area contributed by atoms with E-state index < -0.39 is 17.8 Å². The van der Waals surface area contributed by atoms with E-state index in [0.717, 1.165) is 11.1 Å². The molecule has 4 amide bonds. The molecule has 0 spiro atoms. The molecule has 0 radical (unpaired) electrons. The molecule has 1 fully saturated rings. The number of carbonyl (C=O) groups is 3. The van der Waals surface area contributed by atoms with Gasteiger partial charge < -0.3 is 0 Å². The Kier molecular flexibility index (Phi) is 4.88. The lowest BCUT2D eigenvalue weighted by atomic mass is 9.97. The van der Waals surface area contributed by atoms with Gasteiger partial charge in [0.2, 0.25) is 0 Å². The van der Waals surface area contributed by atoms with E-state index in [1.807, 2.05) is 34.9 Å². The van der Waals surface area contributed by atoms with Crippen LogP contribution in [0.1, 0.15) is 16.7 Å². The van der Waals surface area contributed by atoms with E-state index in [0.29, 0.717) is 22.0 Å². The Hall–Kier alpha value is -2.63. The van der Waals surface area contributed by atoms with Crippen LogP contribution in [0, 0.1) is 0 Å². The minimum absolute atomic E-state index is 0.165. The maximum absolute atomic E-state index is 11.9. The van der Waals surface area contributed by atoms with E-state index in [1.165, 1.54) is 6.08 Å². The molecule has 0 atom stereocenters. The fraction of sp³-hybridized carbons (Fsp3) is 0.0556. The van der Waals surface area contributed by atoms with Gasteiger partial charge in [0.1, 0.15) is 5.57 Å². The first-order chi connectivity index (χ1) is 11.9. The number of urea groups is 1. The van der Waals surface area contributed by atoms with Crippen LogP contribution in [0.3, 0.4) is 0 Å². The van der Waals surface area contributed by atoms with Crippen LogP contribution < -0.4 is 10.6 Å². The fourth-order valence-corrected chi connectivity index (χ4v) is 2.85. The summed E-state index contributed by atoms with van der Waals surface area (Å²) in [6, 6.07) is 11.7. The number of hydrogen-bond acceptors (Lipinski definition) is 3. The number of imide groups is 2. The Bertz CT molecular complexity index is 900. The fourth-order valence-electron chi connectivity index (χ4n) is 2.47. The van der Waals surface area contributed by atoms with Crippen LogP contribution in [0.4, 0.5) is 4.79 Å². The van der Waals surface area contributed by atoms with Crippen LogP contribution in [0.25, 0.3) is 6.08 Å². The Morgan fingerprint density at radius 2 is 1.56 bits per heavy atom. The number of halogens is 2. The number of amides is 4. The number of barbiturate groups is 1. The van der Waals surface area contributed by atoms with Crippen molar-refractivity contribution in [2.75, 3.05) is 0 Å². The van der Waals surface area contributed by atoms with E-state index in [4.69, 9.17) is 23.2 Å².